The average Bonchev–Trinajstić information content (AvgIpc) is 3.00. The molecule has 6 aromatic rings. The zero-order valence-electron chi connectivity index (χ0n) is 22.6. The van der Waals surface area contributed by atoms with Crippen molar-refractivity contribution in [1.29, 1.82) is 0 Å². The molecular weight excluding hydrogens is 488 g/mol. The lowest BCUT2D eigenvalue weighted by atomic mass is 9.95. The van der Waals surface area contributed by atoms with E-state index in [0.29, 0.717) is 0 Å². The van der Waals surface area contributed by atoms with Crippen LogP contribution < -0.4 is 9.80 Å². The number of hydrogen-bond acceptors (Lipinski definition) is 4. The number of para-hydroxylation sites is 2. The van der Waals surface area contributed by atoms with Crippen LogP contribution in [-0.2, 0) is 0 Å². The molecule has 0 atom stereocenters. The Morgan fingerprint density at radius 1 is 0.400 bits per heavy atom. The molecule has 0 amide bonds. The van der Waals surface area contributed by atoms with E-state index in [1.54, 1.807) is 0 Å². The highest BCUT2D eigenvalue weighted by Gasteiger charge is 2.17. The summed E-state index contributed by atoms with van der Waals surface area (Å²) in [4.78, 5) is 13.7. The molecule has 0 saturated carbocycles. The fourth-order valence-corrected chi connectivity index (χ4v) is 5.13. The van der Waals surface area contributed by atoms with E-state index in [0.717, 1.165) is 34.4 Å². The Labute approximate surface area is 235 Å². The summed E-state index contributed by atoms with van der Waals surface area (Å²) in [6.07, 6.45) is 3.67. The quantitative estimate of drug-likeness (QED) is 0.211. The van der Waals surface area contributed by atoms with E-state index >= 15 is 0 Å². The number of benzene rings is 4. The van der Waals surface area contributed by atoms with Gasteiger partial charge >= 0.3 is 0 Å². The predicted octanol–water partition coefficient (Wildman–Crippen LogP) is 9.70. The van der Waals surface area contributed by atoms with Crippen LogP contribution in [0.1, 0.15) is 11.1 Å². The topological polar surface area (TPSA) is 32.3 Å². The van der Waals surface area contributed by atoms with Crippen LogP contribution in [0.5, 0.6) is 0 Å². The Hall–Kier alpha value is -5.22. The van der Waals surface area contributed by atoms with E-state index in [-0.39, 0.29) is 0 Å². The number of anilines is 6. The first-order chi connectivity index (χ1) is 19.7. The maximum atomic E-state index is 4.65. The van der Waals surface area contributed by atoms with Gasteiger partial charge in [0.1, 0.15) is 11.6 Å². The highest BCUT2D eigenvalue weighted by atomic mass is 15.2. The van der Waals surface area contributed by atoms with Gasteiger partial charge in [0, 0.05) is 35.1 Å². The Morgan fingerprint density at radius 3 is 1.15 bits per heavy atom. The summed E-state index contributed by atoms with van der Waals surface area (Å²) in [5.41, 5.74) is 9.13. The first kappa shape index (κ1) is 25.1. The second-order valence-corrected chi connectivity index (χ2v) is 9.72. The first-order valence-electron chi connectivity index (χ1n) is 13.4. The van der Waals surface area contributed by atoms with Gasteiger partial charge in [0.05, 0.1) is 0 Å². The van der Waals surface area contributed by atoms with Crippen LogP contribution in [0.15, 0.2) is 146 Å². The minimum atomic E-state index is 0.886. The van der Waals surface area contributed by atoms with Crippen molar-refractivity contribution in [2.24, 2.45) is 0 Å². The number of nitrogens with zero attached hydrogens (tertiary/aromatic N) is 4. The minimum absolute atomic E-state index is 0.886. The van der Waals surface area contributed by atoms with Gasteiger partial charge in [-0.25, -0.2) is 9.97 Å². The summed E-state index contributed by atoms with van der Waals surface area (Å²) < 4.78 is 0. The lowest BCUT2D eigenvalue weighted by Crippen LogP contribution is -2.12. The van der Waals surface area contributed by atoms with Gasteiger partial charge in [0.2, 0.25) is 0 Å². The van der Waals surface area contributed by atoms with Crippen molar-refractivity contribution in [2.75, 3.05) is 9.80 Å². The number of aryl methyl sites for hydroxylation is 2. The van der Waals surface area contributed by atoms with Crippen LogP contribution in [0.25, 0.3) is 11.1 Å². The van der Waals surface area contributed by atoms with Crippen LogP contribution in [0.4, 0.5) is 34.4 Å². The summed E-state index contributed by atoms with van der Waals surface area (Å²) in [6, 6.07) is 46.1. The van der Waals surface area contributed by atoms with E-state index in [1.807, 2.05) is 60.9 Å². The second kappa shape index (κ2) is 11.3. The molecule has 6 rings (SSSR count). The fourth-order valence-electron chi connectivity index (χ4n) is 5.13. The van der Waals surface area contributed by atoms with E-state index in [1.165, 1.54) is 22.3 Å². The lowest BCUT2D eigenvalue weighted by molar-refractivity contribution is 1.17. The molecular formula is C36H30N4. The zero-order chi connectivity index (χ0) is 27.3. The molecule has 0 fully saturated rings. The predicted molar refractivity (Wildman–Crippen MR) is 166 cm³/mol. The van der Waals surface area contributed by atoms with Crippen LogP contribution >= 0.6 is 0 Å². The highest BCUT2D eigenvalue weighted by molar-refractivity contribution is 5.81. The molecule has 4 nitrogen and oxygen atoms in total. The standard InChI is InChI=1S/C36H30N4/c1-27-25-31(39(29-13-5-3-6-14-29)35-17-9-11-23-37-35)19-21-33(27)34-22-20-32(26-28(34)2)40(30-15-7-4-8-16-30)36-18-10-12-24-38-36/h3-26H,1-2H3. The maximum absolute atomic E-state index is 4.65. The van der Waals surface area contributed by atoms with Gasteiger partial charge in [0.15, 0.2) is 0 Å². The van der Waals surface area contributed by atoms with Gasteiger partial charge in [-0.3, -0.25) is 9.80 Å². The fraction of sp³-hybridized carbons (Fsp3) is 0.0556. The summed E-state index contributed by atoms with van der Waals surface area (Å²) >= 11 is 0. The number of rotatable bonds is 7. The van der Waals surface area contributed by atoms with Gasteiger partial charge in [-0.2, -0.15) is 0 Å². The second-order valence-electron chi connectivity index (χ2n) is 9.72. The normalized spacial score (nSPS) is 10.8. The highest BCUT2D eigenvalue weighted by Crippen LogP contribution is 2.39. The van der Waals surface area contributed by atoms with Crippen molar-refractivity contribution in [3.8, 4) is 11.1 Å². The molecule has 194 valence electrons. The van der Waals surface area contributed by atoms with Crippen molar-refractivity contribution >= 4 is 34.4 Å². The van der Waals surface area contributed by atoms with Crippen molar-refractivity contribution in [3.05, 3.63) is 157 Å². The van der Waals surface area contributed by atoms with Gasteiger partial charge in [-0.05, 0) is 109 Å². The third kappa shape index (κ3) is 5.07. The smallest absolute Gasteiger partial charge is 0.137 e. The molecule has 40 heavy (non-hydrogen) atoms. The summed E-state index contributed by atoms with van der Waals surface area (Å²) in [6.45, 7) is 4.36. The van der Waals surface area contributed by atoms with Crippen molar-refractivity contribution < 1.29 is 0 Å². The molecule has 4 heteroatoms. The third-order valence-electron chi connectivity index (χ3n) is 7.01. The maximum Gasteiger partial charge on any atom is 0.137 e. The molecule has 0 bridgehead atoms. The van der Waals surface area contributed by atoms with Crippen LogP contribution in [0, 0.1) is 13.8 Å². The summed E-state index contributed by atoms with van der Waals surface area (Å²) in [5.74, 6) is 1.77. The van der Waals surface area contributed by atoms with E-state index in [4.69, 9.17) is 0 Å². The van der Waals surface area contributed by atoms with Gasteiger partial charge in [0.25, 0.3) is 0 Å². The van der Waals surface area contributed by atoms with E-state index in [2.05, 4.69) is 119 Å². The molecule has 2 heterocycles. The van der Waals surface area contributed by atoms with Crippen molar-refractivity contribution in [2.45, 2.75) is 13.8 Å². The molecule has 0 unspecified atom stereocenters. The molecule has 0 N–H and O–H groups in total. The number of pyridine rings is 2. The lowest BCUT2D eigenvalue weighted by Gasteiger charge is -2.26. The van der Waals surface area contributed by atoms with Crippen molar-refractivity contribution in [3.63, 3.8) is 0 Å². The molecule has 0 aliphatic carbocycles. The van der Waals surface area contributed by atoms with E-state index in [9.17, 15) is 0 Å². The average molecular weight is 519 g/mol. The SMILES string of the molecule is Cc1cc(N(c2ccccc2)c2ccccn2)ccc1-c1ccc(N(c2ccccc2)c2ccccn2)cc1C. The Bertz CT molecular complexity index is 1490. The Morgan fingerprint density at radius 2 is 0.800 bits per heavy atom. The summed E-state index contributed by atoms with van der Waals surface area (Å²) in [7, 11) is 0. The van der Waals surface area contributed by atoms with Gasteiger partial charge in [-0.1, -0.05) is 60.7 Å². The molecule has 4 aromatic carbocycles. The zero-order valence-corrected chi connectivity index (χ0v) is 22.6. The molecule has 0 aliphatic heterocycles. The Balaban J connectivity index is 1.38. The molecule has 2 aromatic heterocycles. The summed E-state index contributed by atoms with van der Waals surface area (Å²) in [5, 5.41) is 0. The molecule has 0 saturated heterocycles. The van der Waals surface area contributed by atoms with Crippen molar-refractivity contribution in [1.82, 2.24) is 9.97 Å². The van der Waals surface area contributed by atoms with Gasteiger partial charge in [-0.15, -0.1) is 0 Å². The number of aromatic nitrogens is 2. The van der Waals surface area contributed by atoms with Crippen LogP contribution in [-0.4, -0.2) is 9.97 Å². The monoisotopic (exact) mass is 518 g/mol. The first-order valence-corrected chi connectivity index (χ1v) is 13.4. The third-order valence-corrected chi connectivity index (χ3v) is 7.01. The minimum Gasteiger partial charge on any atom is -0.295 e. The van der Waals surface area contributed by atoms with Crippen LogP contribution in [0.3, 0.4) is 0 Å². The largest absolute Gasteiger partial charge is 0.295 e. The molecule has 0 radical (unpaired) electrons. The Kier molecular flexibility index (Phi) is 7.06. The van der Waals surface area contributed by atoms with E-state index < -0.39 is 0 Å². The molecule has 0 aliphatic rings. The number of hydrogen-bond donors (Lipinski definition) is 0. The van der Waals surface area contributed by atoms with Crippen LogP contribution in [0.2, 0.25) is 0 Å². The molecule has 0 spiro atoms. The van der Waals surface area contributed by atoms with Gasteiger partial charge < -0.3 is 0 Å².